The summed E-state index contributed by atoms with van der Waals surface area (Å²) in [6, 6.07) is -2.06. The number of carbonyl (C=O) groups is 4. The van der Waals surface area contributed by atoms with Gasteiger partial charge >= 0.3 is 24.1 Å². The Balaban J connectivity index is 0. The molecule has 0 aliphatic heterocycles. The summed E-state index contributed by atoms with van der Waals surface area (Å²) in [7, 11) is 0. The fraction of sp³-hybridized carbons (Fsp3) is 0.692. The number of alkyl halides is 3. The minimum atomic E-state index is -5.08. The number of nitrogens with one attached hydrogen (secondary N) is 1. The van der Waals surface area contributed by atoms with Crippen molar-refractivity contribution in [3.63, 3.8) is 0 Å². The maximum absolute atomic E-state index is 11.5. The van der Waals surface area contributed by atoms with Crippen molar-refractivity contribution >= 4 is 23.8 Å². The van der Waals surface area contributed by atoms with Crippen LogP contribution in [0.3, 0.4) is 0 Å². The minimum absolute atomic E-state index is 0.0198. The van der Waals surface area contributed by atoms with Crippen molar-refractivity contribution in [2.45, 2.75) is 51.4 Å². The van der Waals surface area contributed by atoms with Crippen molar-refractivity contribution in [1.82, 2.24) is 5.32 Å². The first-order chi connectivity index (χ1) is 11.2. The Bertz CT molecular complexity index is 483. The average Bonchev–Trinajstić information content (AvgIpc) is 2.48. The normalized spacial score (nSPS) is 14.3. The number of nitrogens with two attached hydrogens (primary N) is 1. The molecule has 0 bridgehead atoms. The van der Waals surface area contributed by atoms with E-state index in [0.29, 0.717) is 6.42 Å². The van der Waals surface area contributed by atoms with Gasteiger partial charge in [-0.25, -0.2) is 9.59 Å². The fourth-order valence-corrected chi connectivity index (χ4v) is 1.34. The Kier molecular flexibility index (Phi) is 11.2. The quantitative estimate of drug-likeness (QED) is 0.407. The molecule has 25 heavy (non-hydrogen) atoms. The number of hydrogen-bond donors (Lipinski definition) is 5. The highest BCUT2D eigenvalue weighted by Crippen LogP contribution is 2.13. The van der Waals surface area contributed by atoms with Crippen LogP contribution in [0.25, 0.3) is 0 Å². The van der Waals surface area contributed by atoms with Crippen molar-refractivity contribution in [1.29, 1.82) is 0 Å². The van der Waals surface area contributed by atoms with Gasteiger partial charge in [-0.2, -0.15) is 13.2 Å². The summed E-state index contributed by atoms with van der Waals surface area (Å²) in [5, 5.41) is 27.0. The van der Waals surface area contributed by atoms with Gasteiger partial charge in [-0.05, 0) is 12.3 Å². The second-order valence-corrected chi connectivity index (χ2v) is 5.06. The SMILES string of the molecule is CC[C@H](C)[C@H](NC(=O)CC[C@H](N)C(=O)O)C(=O)O.O=C(O)C(F)(F)F. The van der Waals surface area contributed by atoms with Gasteiger partial charge in [0.05, 0.1) is 0 Å². The number of halogens is 3. The van der Waals surface area contributed by atoms with E-state index in [0.717, 1.165) is 0 Å². The molecular weight excluding hydrogens is 353 g/mol. The van der Waals surface area contributed by atoms with E-state index in [1.165, 1.54) is 0 Å². The van der Waals surface area contributed by atoms with Crippen LogP contribution < -0.4 is 11.1 Å². The molecule has 0 aromatic carbocycles. The molecule has 0 aliphatic carbocycles. The summed E-state index contributed by atoms with van der Waals surface area (Å²) in [5.41, 5.74) is 5.25. The van der Waals surface area contributed by atoms with Crippen LogP contribution in [0.1, 0.15) is 33.1 Å². The fourth-order valence-electron chi connectivity index (χ4n) is 1.34. The van der Waals surface area contributed by atoms with E-state index >= 15 is 0 Å². The van der Waals surface area contributed by atoms with Crippen molar-refractivity contribution < 1.29 is 47.7 Å². The van der Waals surface area contributed by atoms with Gasteiger partial charge in [-0.3, -0.25) is 9.59 Å². The van der Waals surface area contributed by atoms with Crippen LogP contribution in [0.15, 0.2) is 0 Å². The number of carbonyl (C=O) groups excluding carboxylic acids is 1. The molecule has 0 saturated carbocycles. The van der Waals surface area contributed by atoms with E-state index in [4.69, 9.17) is 25.8 Å². The molecule has 0 aliphatic rings. The highest BCUT2D eigenvalue weighted by molar-refractivity contribution is 5.84. The third-order valence-electron chi connectivity index (χ3n) is 3.04. The van der Waals surface area contributed by atoms with E-state index in [1.807, 2.05) is 6.92 Å². The van der Waals surface area contributed by atoms with Gasteiger partial charge in [0.25, 0.3) is 0 Å². The van der Waals surface area contributed by atoms with Gasteiger partial charge in [0.2, 0.25) is 5.91 Å². The topological polar surface area (TPSA) is 167 Å². The van der Waals surface area contributed by atoms with Gasteiger partial charge in [0.15, 0.2) is 0 Å². The molecule has 0 aromatic heterocycles. The molecule has 0 spiro atoms. The molecule has 0 saturated heterocycles. The molecule has 0 unspecified atom stereocenters. The molecule has 0 rings (SSSR count). The molecule has 0 heterocycles. The Hall–Kier alpha value is -2.37. The third-order valence-corrected chi connectivity index (χ3v) is 3.04. The third kappa shape index (κ3) is 11.8. The summed E-state index contributed by atoms with van der Waals surface area (Å²) in [4.78, 5) is 41.8. The van der Waals surface area contributed by atoms with Crippen LogP contribution >= 0.6 is 0 Å². The van der Waals surface area contributed by atoms with Gasteiger partial charge in [0.1, 0.15) is 12.1 Å². The van der Waals surface area contributed by atoms with E-state index in [9.17, 15) is 27.6 Å². The molecule has 0 radical (unpaired) electrons. The molecule has 1 amide bonds. The van der Waals surface area contributed by atoms with Crippen molar-refractivity contribution in [2.24, 2.45) is 11.7 Å². The van der Waals surface area contributed by atoms with Gasteiger partial charge in [0, 0.05) is 6.42 Å². The maximum atomic E-state index is 11.5. The second-order valence-electron chi connectivity index (χ2n) is 5.06. The minimum Gasteiger partial charge on any atom is -0.480 e. The van der Waals surface area contributed by atoms with Gasteiger partial charge in [-0.1, -0.05) is 20.3 Å². The second kappa shape index (κ2) is 11.2. The maximum Gasteiger partial charge on any atom is 0.490 e. The lowest BCUT2D eigenvalue weighted by Gasteiger charge is -2.20. The number of carboxylic acids is 3. The smallest absolute Gasteiger partial charge is 0.480 e. The largest absolute Gasteiger partial charge is 0.490 e. The predicted octanol–water partition coefficient (Wildman–Crippen LogP) is 0.427. The predicted molar refractivity (Wildman–Crippen MR) is 77.6 cm³/mol. The number of rotatable bonds is 8. The van der Waals surface area contributed by atoms with Crippen LogP contribution in [-0.2, 0) is 19.2 Å². The van der Waals surface area contributed by atoms with Crippen LogP contribution in [0.2, 0.25) is 0 Å². The summed E-state index contributed by atoms with van der Waals surface area (Å²) >= 11 is 0. The standard InChI is InChI=1S/C11H20N2O5.C2HF3O2/c1-3-6(2)9(11(17)18)13-8(14)5-4-7(12)10(15)16;3-2(4,5)1(6)7/h6-7,9H,3-5,12H2,1-2H3,(H,13,14)(H,15,16)(H,17,18);(H,6,7)/t6-,7-,9-;/m0./s1. The summed E-state index contributed by atoms with van der Waals surface area (Å²) < 4.78 is 31.7. The average molecular weight is 374 g/mol. The van der Waals surface area contributed by atoms with Gasteiger partial charge in [-0.15, -0.1) is 0 Å². The molecule has 6 N–H and O–H groups in total. The molecule has 12 heteroatoms. The summed E-state index contributed by atoms with van der Waals surface area (Å²) in [6.07, 6.45) is -4.59. The monoisotopic (exact) mass is 374 g/mol. The molecule has 146 valence electrons. The van der Waals surface area contributed by atoms with Crippen molar-refractivity contribution in [3.05, 3.63) is 0 Å². The zero-order valence-electron chi connectivity index (χ0n) is 13.5. The van der Waals surface area contributed by atoms with Gasteiger partial charge < -0.3 is 26.4 Å². The number of aliphatic carboxylic acids is 3. The van der Waals surface area contributed by atoms with E-state index in [2.05, 4.69) is 5.32 Å². The van der Waals surface area contributed by atoms with Crippen LogP contribution in [0.5, 0.6) is 0 Å². The zero-order chi connectivity index (χ0) is 20.4. The first-order valence-electron chi connectivity index (χ1n) is 7.04. The number of carboxylic acid groups (broad SMARTS) is 3. The molecule has 9 nitrogen and oxygen atoms in total. The van der Waals surface area contributed by atoms with Crippen LogP contribution in [-0.4, -0.2) is 57.4 Å². The number of amides is 1. The molecule has 3 atom stereocenters. The van der Waals surface area contributed by atoms with E-state index in [1.54, 1.807) is 6.92 Å². The van der Waals surface area contributed by atoms with Crippen LogP contribution in [0, 0.1) is 5.92 Å². The zero-order valence-corrected chi connectivity index (χ0v) is 13.5. The number of hydrogen-bond acceptors (Lipinski definition) is 5. The Labute approximate surface area is 141 Å². The first kappa shape index (κ1) is 24.9. The Morgan fingerprint density at radius 1 is 1.08 bits per heavy atom. The van der Waals surface area contributed by atoms with E-state index in [-0.39, 0.29) is 18.8 Å². The lowest BCUT2D eigenvalue weighted by atomic mass is 9.99. The Morgan fingerprint density at radius 3 is 1.80 bits per heavy atom. The lowest BCUT2D eigenvalue weighted by Crippen LogP contribution is -2.45. The molecular formula is C13H21F3N2O7. The van der Waals surface area contributed by atoms with E-state index < -0.39 is 42.1 Å². The van der Waals surface area contributed by atoms with Crippen molar-refractivity contribution in [3.8, 4) is 0 Å². The first-order valence-corrected chi connectivity index (χ1v) is 7.04. The van der Waals surface area contributed by atoms with Crippen molar-refractivity contribution in [2.75, 3.05) is 0 Å². The highest BCUT2D eigenvalue weighted by atomic mass is 19.4. The molecule has 0 aromatic rings. The highest BCUT2D eigenvalue weighted by Gasteiger charge is 2.38. The Morgan fingerprint density at radius 2 is 1.52 bits per heavy atom. The lowest BCUT2D eigenvalue weighted by molar-refractivity contribution is -0.192. The summed E-state index contributed by atoms with van der Waals surface area (Å²) in [6.45, 7) is 3.55. The summed E-state index contributed by atoms with van der Waals surface area (Å²) in [5.74, 6) is -5.73. The van der Waals surface area contributed by atoms with Crippen LogP contribution in [0.4, 0.5) is 13.2 Å². The molecule has 0 fully saturated rings.